The Balaban J connectivity index is 3.78. The second kappa shape index (κ2) is 7.36. The summed E-state index contributed by atoms with van der Waals surface area (Å²) in [5.41, 5.74) is -0.0281. The van der Waals surface area contributed by atoms with Crippen LogP contribution in [0.3, 0.4) is 0 Å². The van der Waals surface area contributed by atoms with Gasteiger partial charge in [-0.3, -0.25) is 4.21 Å². The third-order valence-electron chi connectivity index (χ3n) is 2.95. The Bertz CT molecular complexity index is 193. The number of aliphatic hydroxyl groups is 1. The van der Waals surface area contributed by atoms with Crippen molar-refractivity contribution >= 4 is 10.8 Å². The molecule has 0 aromatic heterocycles. The molecule has 0 aromatic rings. The van der Waals surface area contributed by atoms with E-state index in [1.54, 1.807) is 6.26 Å². The third-order valence-corrected chi connectivity index (χ3v) is 3.76. The van der Waals surface area contributed by atoms with Crippen LogP contribution in [-0.4, -0.2) is 40.5 Å². The first-order valence-corrected chi connectivity index (χ1v) is 7.30. The van der Waals surface area contributed by atoms with Crippen LogP contribution in [0.1, 0.15) is 33.6 Å². The van der Waals surface area contributed by atoms with Gasteiger partial charge in [0.1, 0.15) is 0 Å². The summed E-state index contributed by atoms with van der Waals surface area (Å²) in [6.07, 6.45) is 3.62. The van der Waals surface area contributed by atoms with Crippen molar-refractivity contribution in [3.05, 3.63) is 0 Å². The number of nitrogens with one attached hydrogen (secondary N) is 1. The molecule has 0 saturated carbocycles. The van der Waals surface area contributed by atoms with Crippen LogP contribution in [0.4, 0.5) is 0 Å². The lowest BCUT2D eigenvalue weighted by atomic mass is 9.88. The highest BCUT2D eigenvalue weighted by molar-refractivity contribution is 7.84. The van der Waals surface area contributed by atoms with Gasteiger partial charge in [0, 0.05) is 47.4 Å². The quantitative estimate of drug-likeness (QED) is 0.663. The lowest BCUT2D eigenvalue weighted by Crippen LogP contribution is -2.39. The summed E-state index contributed by atoms with van der Waals surface area (Å²) in [5, 5.41) is 12.6. The molecule has 2 N–H and O–H groups in total. The van der Waals surface area contributed by atoms with Crippen molar-refractivity contribution in [3.63, 3.8) is 0 Å². The summed E-state index contributed by atoms with van der Waals surface area (Å²) < 4.78 is 10.9. The van der Waals surface area contributed by atoms with E-state index in [2.05, 4.69) is 26.1 Å². The van der Waals surface area contributed by atoms with Gasteiger partial charge in [0.15, 0.2) is 0 Å². The fourth-order valence-electron chi connectivity index (χ4n) is 1.16. The van der Waals surface area contributed by atoms with E-state index in [4.69, 9.17) is 0 Å². The van der Waals surface area contributed by atoms with E-state index >= 15 is 0 Å². The van der Waals surface area contributed by atoms with Gasteiger partial charge in [0.2, 0.25) is 0 Å². The molecule has 15 heavy (non-hydrogen) atoms. The molecule has 0 fully saturated rings. The molecule has 3 atom stereocenters. The molecule has 3 nitrogen and oxygen atoms in total. The first-order chi connectivity index (χ1) is 6.93. The average Bonchev–Trinajstić information content (AvgIpc) is 2.23. The zero-order valence-corrected chi connectivity index (χ0v) is 11.2. The van der Waals surface area contributed by atoms with Crippen LogP contribution in [0.5, 0.6) is 0 Å². The molecule has 0 spiro atoms. The van der Waals surface area contributed by atoms with E-state index < -0.39 is 10.8 Å². The molecular formula is C11H25NO2S. The molecule has 0 aliphatic carbocycles. The van der Waals surface area contributed by atoms with Gasteiger partial charge >= 0.3 is 0 Å². The van der Waals surface area contributed by atoms with Gasteiger partial charge < -0.3 is 10.4 Å². The maximum atomic E-state index is 10.9. The van der Waals surface area contributed by atoms with Crippen LogP contribution < -0.4 is 5.32 Å². The Hall–Kier alpha value is 0.0700. The SMILES string of the molecule is CCC(C)(CO)CNC(C)CCS(C)=O. The van der Waals surface area contributed by atoms with Crippen LogP contribution in [0.15, 0.2) is 0 Å². The number of aliphatic hydroxyl groups excluding tert-OH is 1. The van der Waals surface area contributed by atoms with Crippen molar-refractivity contribution in [2.75, 3.05) is 25.2 Å². The molecule has 0 heterocycles. The van der Waals surface area contributed by atoms with Crippen LogP contribution in [0.2, 0.25) is 0 Å². The molecule has 3 unspecified atom stereocenters. The fraction of sp³-hybridized carbons (Fsp3) is 1.00. The maximum absolute atomic E-state index is 10.9. The average molecular weight is 235 g/mol. The second-order valence-corrected chi connectivity index (χ2v) is 6.22. The topological polar surface area (TPSA) is 49.3 Å². The highest BCUT2D eigenvalue weighted by Gasteiger charge is 2.21. The summed E-state index contributed by atoms with van der Waals surface area (Å²) in [6.45, 7) is 7.29. The predicted octanol–water partition coefficient (Wildman–Crippen LogP) is 1.14. The van der Waals surface area contributed by atoms with Crippen molar-refractivity contribution in [1.82, 2.24) is 5.32 Å². The second-order valence-electron chi connectivity index (χ2n) is 4.67. The maximum Gasteiger partial charge on any atom is 0.0496 e. The normalized spacial score (nSPS) is 19.5. The molecule has 0 aliphatic heterocycles. The first kappa shape index (κ1) is 15.1. The van der Waals surface area contributed by atoms with E-state index in [1.807, 2.05) is 0 Å². The van der Waals surface area contributed by atoms with E-state index in [0.29, 0.717) is 6.04 Å². The van der Waals surface area contributed by atoms with Crippen molar-refractivity contribution in [1.29, 1.82) is 0 Å². The van der Waals surface area contributed by atoms with Crippen molar-refractivity contribution in [3.8, 4) is 0 Å². The van der Waals surface area contributed by atoms with Crippen molar-refractivity contribution < 1.29 is 9.32 Å². The first-order valence-electron chi connectivity index (χ1n) is 5.58. The molecule has 0 aromatic carbocycles. The third kappa shape index (κ3) is 7.03. The highest BCUT2D eigenvalue weighted by atomic mass is 32.2. The monoisotopic (exact) mass is 235 g/mol. The van der Waals surface area contributed by atoms with E-state index in [9.17, 15) is 9.32 Å². The number of hydrogen-bond donors (Lipinski definition) is 2. The summed E-state index contributed by atoms with van der Waals surface area (Å²) >= 11 is 0. The Morgan fingerprint density at radius 1 is 1.53 bits per heavy atom. The summed E-state index contributed by atoms with van der Waals surface area (Å²) in [6, 6.07) is 0.367. The minimum absolute atomic E-state index is 0.0281. The van der Waals surface area contributed by atoms with Gasteiger partial charge in [-0.2, -0.15) is 0 Å². The fourth-order valence-corrected chi connectivity index (χ4v) is 1.84. The van der Waals surface area contributed by atoms with Crippen LogP contribution in [0, 0.1) is 5.41 Å². The Morgan fingerprint density at radius 2 is 2.13 bits per heavy atom. The molecule has 0 amide bonds. The van der Waals surface area contributed by atoms with E-state index in [0.717, 1.165) is 25.1 Å². The van der Waals surface area contributed by atoms with Crippen LogP contribution in [-0.2, 0) is 10.8 Å². The van der Waals surface area contributed by atoms with Crippen LogP contribution >= 0.6 is 0 Å². The lowest BCUT2D eigenvalue weighted by Gasteiger charge is -2.28. The standard InChI is InChI=1S/C11H25NO2S/c1-5-11(3,9-13)8-12-10(2)6-7-15(4)14/h10,12-13H,5-9H2,1-4H3. The Kier molecular flexibility index (Phi) is 7.40. The molecule has 92 valence electrons. The molecule has 0 saturated heterocycles. The number of hydrogen-bond acceptors (Lipinski definition) is 3. The van der Waals surface area contributed by atoms with Gasteiger partial charge in [-0.25, -0.2) is 0 Å². The summed E-state index contributed by atoms with van der Waals surface area (Å²) in [4.78, 5) is 0. The Labute approximate surface area is 96.1 Å². The smallest absolute Gasteiger partial charge is 0.0496 e. The van der Waals surface area contributed by atoms with Crippen molar-refractivity contribution in [2.45, 2.75) is 39.7 Å². The lowest BCUT2D eigenvalue weighted by molar-refractivity contribution is 0.132. The largest absolute Gasteiger partial charge is 0.396 e. The molecule has 0 rings (SSSR count). The van der Waals surface area contributed by atoms with Gasteiger partial charge in [0.05, 0.1) is 0 Å². The minimum atomic E-state index is -0.704. The molecule has 4 heteroatoms. The zero-order valence-electron chi connectivity index (χ0n) is 10.4. The summed E-state index contributed by atoms with van der Waals surface area (Å²) in [7, 11) is -0.704. The zero-order chi connectivity index (χ0) is 11.9. The van der Waals surface area contributed by atoms with Gasteiger partial charge in [-0.15, -0.1) is 0 Å². The Morgan fingerprint density at radius 3 is 2.53 bits per heavy atom. The van der Waals surface area contributed by atoms with Gasteiger partial charge in [-0.1, -0.05) is 13.8 Å². The summed E-state index contributed by atoms with van der Waals surface area (Å²) in [5.74, 6) is 0.746. The van der Waals surface area contributed by atoms with E-state index in [1.165, 1.54) is 0 Å². The predicted molar refractivity (Wildman–Crippen MR) is 66.5 cm³/mol. The minimum Gasteiger partial charge on any atom is -0.396 e. The molecular weight excluding hydrogens is 210 g/mol. The molecule has 0 radical (unpaired) electrons. The molecule has 0 bridgehead atoms. The highest BCUT2D eigenvalue weighted by Crippen LogP contribution is 2.18. The van der Waals surface area contributed by atoms with E-state index in [-0.39, 0.29) is 12.0 Å². The van der Waals surface area contributed by atoms with Crippen LogP contribution in [0.25, 0.3) is 0 Å². The molecule has 0 aliphatic rings. The van der Waals surface area contributed by atoms with Gasteiger partial charge in [0.25, 0.3) is 0 Å². The van der Waals surface area contributed by atoms with Gasteiger partial charge in [-0.05, 0) is 19.8 Å². The number of rotatable bonds is 8. The van der Waals surface area contributed by atoms with Crippen molar-refractivity contribution in [2.24, 2.45) is 5.41 Å².